The highest BCUT2D eigenvalue weighted by molar-refractivity contribution is 7.89. The highest BCUT2D eigenvalue weighted by Gasteiger charge is 2.32. The molecule has 2 aromatic carbocycles. The van der Waals surface area contributed by atoms with Gasteiger partial charge in [-0.25, -0.2) is 13.2 Å². The molecule has 1 amide bonds. The lowest BCUT2D eigenvalue weighted by Crippen LogP contribution is -2.51. The van der Waals surface area contributed by atoms with Crippen molar-refractivity contribution in [2.75, 3.05) is 44.2 Å². The van der Waals surface area contributed by atoms with E-state index >= 15 is 0 Å². The van der Waals surface area contributed by atoms with Gasteiger partial charge in [0, 0.05) is 51.5 Å². The molecule has 0 aliphatic carbocycles. The molecule has 5 rings (SSSR count). The summed E-state index contributed by atoms with van der Waals surface area (Å²) >= 11 is 1.36. The largest absolute Gasteiger partial charge is 0.444 e. The highest BCUT2D eigenvalue weighted by atomic mass is 32.2. The Morgan fingerprint density at radius 1 is 1.18 bits per heavy atom. The molecule has 0 bridgehead atoms. The number of amides is 1. The summed E-state index contributed by atoms with van der Waals surface area (Å²) in [5, 5.41) is 17.5. The number of carbonyl (C=O) groups is 1. The Hall–Kier alpha value is -3.56. The summed E-state index contributed by atoms with van der Waals surface area (Å²) in [4.78, 5) is 24.1. The van der Waals surface area contributed by atoms with Crippen molar-refractivity contribution in [3.63, 3.8) is 0 Å². The van der Waals surface area contributed by atoms with Crippen molar-refractivity contribution >= 4 is 44.6 Å². The zero-order valence-electron chi connectivity index (χ0n) is 24.8. The molecule has 2 unspecified atom stereocenters. The molecule has 0 radical (unpaired) electrons. The van der Waals surface area contributed by atoms with Crippen LogP contribution in [0.1, 0.15) is 24.3 Å². The SMILES string of the molecule is CC(C)CN(CC(O)C(Cc1ccccc1)NC(=O)OCc1cncs1)S(=O)(=O)c1ccc2nc(N3CCNCC3)oc2c1. The fraction of sp³-hybridized carbons (Fsp3) is 0.433. The Bertz CT molecular complexity index is 1610. The third-order valence-electron chi connectivity index (χ3n) is 7.23. The lowest BCUT2D eigenvalue weighted by atomic mass is 10.0. The molecule has 2 aromatic heterocycles. The van der Waals surface area contributed by atoms with Crippen LogP contribution in [-0.4, -0.2) is 85.3 Å². The summed E-state index contributed by atoms with van der Waals surface area (Å²) in [6, 6.07) is 13.6. The topological polar surface area (TPSA) is 150 Å². The normalized spacial score (nSPS) is 15.5. The van der Waals surface area contributed by atoms with E-state index in [4.69, 9.17) is 9.15 Å². The third kappa shape index (κ3) is 8.12. The van der Waals surface area contributed by atoms with Crippen LogP contribution in [0.5, 0.6) is 0 Å². The minimum absolute atomic E-state index is 0.0322. The minimum atomic E-state index is -4.06. The number of aliphatic hydroxyl groups is 1. The molecular weight excluding hydrogens is 605 g/mol. The predicted octanol–water partition coefficient (Wildman–Crippen LogP) is 3.24. The number of benzene rings is 2. The average molecular weight is 643 g/mol. The monoisotopic (exact) mass is 642 g/mol. The molecule has 2 atom stereocenters. The maximum Gasteiger partial charge on any atom is 0.407 e. The summed E-state index contributed by atoms with van der Waals surface area (Å²) in [6.45, 7) is 6.89. The lowest BCUT2D eigenvalue weighted by Gasteiger charge is -2.30. The number of rotatable bonds is 13. The fourth-order valence-corrected chi connectivity index (χ4v) is 7.15. The molecule has 4 aromatic rings. The Labute approximate surface area is 261 Å². The Kier molecular flexibility index (Phi) is 10.5. The van der Waals surface area contributed by atoms with Crippen LogP contribution in [0.15, 0.2) is 69.6 Å². The average Bonchev–Trinajstić information content (AvgIpc) is 3.70. The fourth-order valence-electron chi connectivity index (χ4n) is 5.00. The first-order chi connectivity index (χ1) is 21.2. The van der Waals surface area contributed by atoms with E-state index in [0.717, 1.165) is 36.6 Å². The van der Waals surface area contributed by atoms with Gasteiger partial charge in [0.1, 0.15) is 12.1 Å². The van der Waals surface area contributed by atoms with Crippen LogP contribution in [-0.2, 0) is 27.8 Å². The number of aromatic nitrogens is 2. The zero-order valence-corrected chi connectivity index (χ0v) is 26.4. The van der Waals surface area contributed by atoms with Crippen LogP contribution in [0.25, 0.3) is 11.1 Å². The Morgan fingerprint density at radius 3 is 2.66 bits per heavy atom. The van der Waals surface area contributed by atoms with Gasteiger partial charge in [-0.3, -0.25) is 4.98 Å². The first kappa shape index (κ1) is 31.9. The van der Waals surface area contributed by atoms with Gasteiger partial charge in [-0.05, 0) is 30.0 Å². The minimum Gasteiger partial charge on any atom is -0.444 e. The van der Waals surface area contributed by atoms with Gasteiger partial charge in [0.25, 0.3) is 6.01 Å². The van der Waals surface area contributed by atoms with Crippen LogP contribution >= 0.6 is 11.3 Å². The van der Waals surface area contributed by atoms with Gasteiger partial charge >= 0.3 is 6.09 Å². The first-order valence-electron chi connectivity index (χ1n) is 14.6. The van der Waals surface area contributed by atoms with Crippen molar-refractivity contribution in [3.05, 3.63) is 70.7 Å². The number of oxazole rings is 1. The molecular formula is C30H38N6O6S2. The second kappa shape index (κ2) is 14.5. The molecule has 12 nitrogen and oxygen atoms in total. The van der Waals surface area contributed by atoms with Gasteiger partial charge in [-0.1, -0.05) is 44.2 Å². The number of nitrogens with one attached hydrogen (secondary N) is 2. The maximum atomic E-state index is 14.0. The number of ether oxygens (including phenoxy) is 1. The molecule has 1 aliphatic heterocycles. The van der Waals surface area contributed by atoms with E-state index in [9.17, 15) is 18.3 Å². The van der Waals surface area contributed by atoms with Crippen molar-refractivity contribution in [2.24, 2.45) is 5.92 Å². The molecule has 0 spiro atoms. The number of piperazine rings is 1. The first-order valence-corrected chi connectivity index (χ1v) is 16.9. The zero-order chi connectivity index (χ0) is 31.1. The number of anilines is 1. The maximum absolute atomic E-state index is 14.0. The number of aliphatic hydroxyl groups excluding tert-OH is 1. The number of carbonyl (C=O) groups excluding carboxylic acids is 1. The summed E-state index contributed by atoms with van der Waals surface area (Å²) in [5.41, 5.74) is 3.45. The van der Waals surface area contributed by atoms with Gasteiger partial charge < -0.3 is 29.8 Å². The molecule has 3 heterocycles. The summed E-state index contributed by atoms with van der Waals surface area (Å²) < 4.78 is 40.6. The van der Waals surface area contributed by atoms with Crippen molar-refractivity contribution < 1.29 is 27.5 Å². The predicted molar refractivity (Wildman–Crippen MR) is 168 cm³/mol. The third-order valence-corrected chi connectivity index (χ3v) is 9.81. The quantitative estimate of drug-likeness (QED) is 0.198. The van der Waals surface area contributed by atoms with Crippen LogP contribution in [0, 0.1) is 5.92 Å². The summed E-state index contributed by atoms with van der Waals surface area (Å²) in [7, 11) is -4.06. The van der Waals surface area contributed by atoms with Crippen LogP contribution in [0.4, 0.5) is 10.8 Å². The number of nitrogens with zero attached hydrogens (tertiary/aromatic N) is 4. The van der Waals surface area contributed by atoms with Crippen LogP contribution < -0.4 is 15.5 Å². The molecule has 44 heavy (non-hydrogen) atoms. The second-order valence-electron chi connectivity index (χ2n) is 11.1. The number of hydrogen-bond donors (Lipinski definition) is 3. The van der Waals surface area contributed by atoms with Gasteiger partial charge in [-0.2, -0.15) is 9.29 Å². The van der Waals surface area contributed by atoms with E-state index < -0.39 is 28.3 Å². The van der Waals surface area contributed by atoms with Crippen LogP contribution in [0.2, 0.25) is 0 Å². The number of hydrogen-bond acceptors (Lipinski definition) is 11. The van der Waals surface area contributed by atoms with Crippen molar-refractivity contribution in [1.29, 1.82) is 0 Å². The highest BCUT2D eigenvalue weighted by Crippen LogP contribution is 2.27. The van der Waals surface area contributed by atoms with Crippen molar-refractivity contribution in [3.8, 4) is 0 Å². The van der Waals surface area contributed by atoms with Crippen molar-refractivity contribution in [2.45, 2.75) is 43.9 Å². The van der Waals surface area contributed by atoms with Crippen LogP contribution in [0.3, 0.4) is 0 Å². The Balaban J connectivity index is 1.35. The number of thiazole rings is 1. The molecule has 1 saturated heterocycles. The van der Waals surface area contributed by atoms with Gasteiger partial charge in [0.2, 0.25) is 10.0 Å². The Morgan fingerprint density at radius 2 is 1.95 bits per heavy atom. The lowest BCUT2D eigenvalue weighted by molar-refractivity contribution is 0.0876. The van der Waals surface area contributed by atoms with E-state index in [1.807, 2.05) is 49.1 Å². The molecule has 0 saturated carbocycles. The number of alkyl carbamates (subject to hydrolysis) is 1. The van der Waals surface area contributed by atoms with Crippen molar-refractivity contribution in [1.82, 2.24) is 24.9 Å². The van der Waals surface area contributed by atoms with E-state index in [0.29, 0.717) is 17.1 Å². The summed E-state index contributed by atoms with van der Waals surface area (Å²) in [5.74, 6) is -0.0322. The van der Waals surface area contributed by atoms with E-state index in [1.54, 1.807) is 17.8 Å². The van der Waals surface area contributed by atoms with E-state index in [-0.39, 0.29) is 36.9 Å². The smallest absolute Gasteiger partial charge is 0.407 e. The number of fused-ring (bicyclic) bond motifs is 1. The molecule has 3 N–H and O–H groups in total. The van der Waals surface area contributed by atoms with E-state index in [1.165, 1.54) is 27.8 Å². The second-order valence-corrected chi connectivity index (χ2v) is 14.0. The van der Waals surface area contributed by atoms with Gasteiger partial charge in [0.05, 0.1) is 27.4 Å². The number of sulfonamides is 1. The molecule has 1 fully saturated rings. The standard InChI is InChI=1S/C30H38N6O6S2/c1-21(2)17-36(44(39,40)24-8-9-25-28(15-24)42-29(33-25)35-12-10-31-11-13-35)18-27(37)26(14-22-6-4-3-5-7-22)34-30(38)41-19-23-16-32-20-43-23/h3-9,15-16,20-21,26-27,31,37H,10-14,17-19H2,1-2H3,(H,34,38). The van der Waals surface area contributed by atoms with E-state index in [2.05, 4.69) is 20.6 Å². The summed E-state index contributed by atoms with van der Waals surface area (Å²) in [6.07, 6.45) is -0.0717. The van der Waals surface area contributed by atoms with Gasteiger partial charge in [0.15, 0.2) is 5.58 Å². The molecule has 14 heteroatoms. The molecule has 236 valence electrons. The molecule has 1 aliphatic rings. The van der Waals surface area contributed by atoms with Gasteiger partial charge in [-0.15, -0.1) is 11.3 Å².